The van der Waals surface area contributed by atoms with Crippen LogP contribution in [0, 0.1) is 5.92 Å². The standard InChI is InChI=1S/C13H22N2O5/c1-8-10(4-5-20-8)14(2)13(18)15(3)11-7-19-6-9(11)12(16)17/h8-11H,4-7H2,1-3H3,(H,16,17). The van der Waals surface area contributed by atoms with Crippen LogP contribution in [0.4, 0.5) is 4.79 Å². The fraction of sp³-hybridized carbons (Fsp3) is 0.846. The number of aliphatic carboxylic acids is 1. The van der Waals surface area contributed by atoms with Gasteiger partial charge in [-0.15, -0.1) is 0 Å². The van der Waals surface area contributed by atoms with Crippen molar-refractivity contribution >= 4 is 12.0 Å². The number of likely N-dealkylation sites (N-methyl/N-ethyl adjacent to an activating group) is 2. The molecule has 0 aromatic rings. The van der Waals surface area contributed by atoms with Gasteiger partial charge in [0.15, 0.2) is 0 Å². The average molecular weight is 286 g/mol. The van der Waals surface area contributed by atoms with Crippen molar-refractivity contribution in [3.63, 3.8) is 0 Å². The molecule has 2 aliphatic rings. The SMILES string of the molecule is CC1OCCC1N(C)C(=O)N(C)C1COCC1C(=O)O. The third-order valence-electron chi connectivity index (χ3n) is 4.30. The second kappa shape index (κ2) is 5.97. The van der Waals surface area contributed by atoms with Crippen LogP contribution in [0.5, 0.6) is 0 Å². The lowest BCUT2D eigenvalue weighted by atomic mass is 10.0. The average Bonchev–Trinajstić information content (AvgIpc) is 3.04. The van der Waals surface area contributed by atoms with Crippen LogP contribution in [0.25, 0.3) is 0 Å². The van der Waals surface area contributed by atoms with Crippen molar-refractivity contribution in [1.82, 2.24) is 9.80 Å². The Kier molecular flexibility index (Phi) is 4.49. The number of hydrogen-bond donors (Lipinski definition) is 1. The number of carboxylic acid groups (broad SMARTS) is 1. The van der Waals surface area contributed by atoms with E-state index in [1.165, 1.54) is 4.90 Å². The van der Waals surface area contributed by atoms with Gasteiger partial charge in [0, 0.05) is 20.7 Å². The molecule has 0 bridgehead atoms. The first kappa shape index (κ1) is 15.1. The molecule has 7 nitrogen and oxygen atoms in total. The molecule has 1 N–H and O–H groups in total. The quantitative estimate of drug-likeness (QED) is 0.804. The van der Waals surface area contributed by atoms with Crippen molar-refractivity contribution in [2.24, 2.45) is 5.92 Å². The van der Waals surface area contributed by atoms with Crippen LogP contribution in [0.3, 0.4) is 0 Å². The fourth-order valence-corrected chi connectivity index (χ4v) is 2.92. The predicted molar refractivity (Wildman–Crippen MR) is 70.5 cm³/mol. The summed E-state index contributed by atoms with van der Waals surface area (Å²) in [5.41, 5.74) is 0. The maximum absolute atomic E-state index is 12.5. The van der Waals surface area contributed by atoms with E-state index in [1.54, 1.807) is 19.0 Å². The molecular weight excluding hydrogens is 264 g/mol. The van der Waals surface area contributed by atoms with E-state index < -0.39 is 17.9 Å². The zero-order valence-corrected chi connectivity index (χ0v) is 12.1. The number of urea groups is 1. The second-order valence-corrected chi connectivity index (χ2v) is 5.49. The number of hydrogen-bond acceptors (Lipinski definition) is 4. The van der Waals surface area contributed by atoms with Gasteiger partial charge in [-0.25, -0.2) is 4.79 Å². The van der Waals surface area contributed by atoms with E-state index >= 15 is 0 Å². The lowest BCUT2D eigenvalue weighted by molar-refractivity contribution is -0.142. The largest absolute Gasteiger partial charge is 0.481 e. The van der Waals surface area contributed by atoms with Gasteiger partial charge in [0.05, 0.1) is 31.4 Å². The summed E-state index contributed by atoms with van der Waals surface area (Å²) in [5.74, 6) is -1.58. The van der Waals surface area contributed by atoms with Crippen molar-refractivity contribution in [2.45, 2.75) is 31.5 Å². The summed E-state index contributed by atoms with van der Waals surface area (Å²) in [7, 11) is 3.37. The number of nitrogens with zero attached hydrogens (tertiary/aromatic N) is 2. The monoisotopic (exact) mass is 286 g/mol. The Bertz CT molecular complexity index is 389. The zero-order valence-electron chi connectivity index (χ0n) is 12.1. The summed E-state index contributed by atoms with van der Waals surface area (Å²) in [6.07, 6.45) is 0.813. The first-order valence-electron chi connectivity index (χ1n) is 6.85. The number of ether oxygens (including phenoxy) is 2. The lowest BCUT2D eigenvalue weighted by Gasteiger charge is -2.34. The molecule has 0 aromatic heterocycles. The molecule has 114 valence electrons. The van der Waals surface area contributed by atoms with Gasteiger partial charge in [0.25, 0.3) is 0 Å². The van der Waals surface area contributed by atoms with Crippen LogP contribution in [0.2, 0.25) is 0 Å². The molecule has 2 amide bonds. The maximum atomic E-state index is 12.5. The highest BCUT2D eigenvalue weighted by Gasteiger charge is 2.41. The van der Waals surface area contributed by atoms with E-state index in [4.69, 9.17) is 14.6 Å². The second-order valence-electron chi connectivity index (χ2n) is 5.49. The van der Waals surface area contributed by atoms with E-state index in [2.05, 4.69) is 0 Å². The Morgan fingerprint density at radius 2 is 1.80 bits per heavy atom. The van der Waals surface area contributed by atoms with Crippen LogP contribution >= 0.6 is 0 Å². The van der Waals surface area contributed by atoms with Gasteiger partial charge in [0.1, 0.15) is 5.92 Å². The van der Waals surface area contributed by atoms with Crippen molar-refractivity contribution in [1.29, 1.82) is 0 Å². The summed E-state index contributed by atoms with van der Waals surface area (Å²) >= 11 is 0. The molecule has 0 spiro atoms. The number of amides is 2. The molecule has 0 saturated carbocycles. The summed E-state index contributed by atoms with van der Waals surface area (Å²) in [5, 5.41) is 9.15. The van der Waals surface area contributed by atoms with Crippen LogP contribution in [-0.2, 0) is 14.3 Å². The Labute approximate surface area is 118 Å². The van der Waals surface area contributed by atoms with Gasteiger partial charge >= 0.3 is 12.0 Å². The summed E-state index contributed by atoms with van der Waals surface area (Å²) < 4.78 is 10.7. The molecule has 2 fully saturated rings. The van der Waals surface area contributed by atoms with Gasteiger partial charge in [-0.3, -0.25) is 4.79 Å². The molecule has 4 unspecified atom stereocenters. The lowest BCUT2D eigenvalue weighted by Crippen LogP contribution is -2.52. The van der Waals surface area contributed by atoms with Crippen LogP contribution in [0.15, 0.2) is 0 Å². The molecule has 2 rings (SSSR count). The van der Waals surface area contributed by atoms with Crippen LogP contribution < -0.4 is 0 Å². The summed E-state index contributed by atoms with van der Waals surface area (Å²) in [4.78, 5) is 26.8. The molecular formula is C13H22N2O5. The third-order valence-corrected chi connectivity index (χ3v) is 4.30. The Balaban J connectivity index is 2.02. The summed E-state index contributed by atoms with van der Waals surface area (Å²) in [6.45, 7) is 3.02. The Morgan fingerprint density at radius 1 is 1.15 bits per heavy atom. The number of carbonyl (C=O) groups is 2. The molecule has 20 heavy (non-hydrogen) atoms. The fourth-order valence-electron chi connectivity index (χ4n) is 2.92. The van der Waals surface area contributed by atoms with Crippen LogP contribution in [-0.4, -0.2) is 79.0 Å². The maximum Gasteiger partial charge on any atom is 0.320 e. The van der Waals surface area contributed by atoms with E-state index in [-0.39, 0.29) is 31.4 Å². The van der Waals surface area contributed by atoms with Crippen molar-refractivity contribution in [3.05, 3.63) is 0 Å². The van der Waals surface area contributed by atoms with Crippen molar-refractivity contribution in [3.8, 4) is 0 Å². The van der Waals surface area contributed by atoms with Gasteiger partial charge in [0.2, 0.25) is 0 Å². The number of carbonyl (C=O) groups excluding carboxylic acids is 1. The van der Waals surface area contributed by atoms with Gasteiger partial charge < -0.3 is 24.4 Å². The van der Waals surface area contributed by atoms with Gasteiger partial charge in [-0.2, -0.15) is 0 Å². The van der Waals surface area contributed by atoms with Crippen LogP contribution in [0.1, 0.15) is 13.3 Å². The van der Waals surface area contributed by atoms with Crippen molar-refractivity contribution in [2.75, 3.05) is 33.9 Å². The first-order valence-corrected chi connectivity index (χ1v) is 6.85. The number of carboxylic acids is 1. The molecule has 0 aliphatic carbocycles. The van der Waals surface area contributed by atoms with Crippen molar-refractivity contribution < 1.29 is 24.2 Å². The first-order chi connectivity index (χ1) is 9.43. The zero-order chi connectivity index (χ0) is 14.9. The Hall–Kier alpha value is -1.34. The minimum atomic E-state index is -0.924. The number of rotatable bonds is 3. The Morgan fingerprint density at radius 3 is 2.35 bits per heavy atom. The highest BCUT2D eigenvalue weighted by molar-refractivity contribution is 5.77. The highest BCUT2D eigenvalue weighted by atomic mass is 16.5. The van der Waals surface area contributed by atoms with Gasteiger partial charge in [-0.1, -0.05) is 0 Å². The molecule has 2 saturated heterocycles. The third kappa shape index (κ3) is 2.73. The van der Waals surface area contributed by atoms with E-state index in [1.807, 2.05) is 6.92 Å². The molecule has 0 radical (unpaired) electrons. The van der Waals surface area contributed by atoms with Gasteiger partial charge in [-0.05, 0) is 13.3 Å². The highest BCUT2D eigenvalue weighted by Crippen LogP contribution is 2.23. The summed E-state index contributed by atoms with van der Waals surface area (Å²) in [6, 6.07) is -0.565. The smallest absolute Gasteiger partial charge is 0.320 e. The topological polar surface area (TPSA) is 79.3 Å². The minimum absolute atomic E-state index is 0.00690. The minimum Gasteiger partial charge on any atom is -0.481 e. The molecule has 4 atom stereocenters. The van der Waals surface area contributed by atoms with E-state index in [0.29, 0.717) is 6.61 Å². The molecule has 7 heteroatoms. The normalized spacial score (nSPS) is 33.1. The molecule has 2 heterocycles. The molecule has 0 aromatic carbocycles. The van der Waals surface area contributed by atoms with E-state index in [9.17, 15) is 9.59 Å². The van der Waals surface area contributed by atoms with E-state index in [0.717, 1.165) is 6.42 Å². The predicted octanol–water partition coefficient (Wildman–Crippen LogP) is 0.247. The molecule has 2 aliphatic heterocycles.